The number of nitro groups is 1. The zero-order valence-corrected chi connectivity index (χ0v) is 11.0. The molecule has 0 unspecified atom stereocenters. The van der Waals surface area contributed by atoms with Crippen molar-refractivity contribution >= 4 is 23.0 Å². The molecule has 0 aliphatic rings. The number of anilines is 2. The van der Waals surface area contributed by atoms with Gasteiger partial charge in [-0.2, -0.15) is 0 Å². The number of carboxylic acids is 1. The van der Waals surface area contributed by atoms with Crippen molar-refractivity contribution in [2.75, 3.05) is 5.32 Å². The predicted octanol–water partition coefficient (Wildman–Crippen LogP) is 3.48. The first-order valence-electron chi connectivity index (χ1n) is 5.93. The number of carboxylic acid groups (broad SMARTS) is 1. The van der Waals surface area contributed by atoms with E-state index in [9.17, 15) is 19.3 Å². The monoisotopic (exact) mass is 290 g/mol. The number of non-ortho nitro benzene ring substituents is 1. The van der Waals surface area contributed by atoms with Gasteiger partial charge < -0.3 is 10.4 Å². The van der Waals surface area contributed by atoms with E-state index in [1.54, 1.807) is 19.1 Å². The Kier molecular flexibility index (Phi) is 3.84. The summed E-state index contributed by atoms with van der Waals surface area (Å²) in [6, 6.07) is 7.76. The average molecular weight is 290 g/mol. The van der Waals surface area contributed by atoms with Gasteiger partial charge in [-0.25, -0.2) is 9.18 Å². The average Bonchev–Trinajstić information content (AvgIpc) is 2.42. The topological polar surface area (TPSA) is 92.5 Å². The van der Waals surface area contributed by atoms with Crippen molar-refractivity contribution in [3.8, 4) is 0 Å². The number of aryl methyl sites for hydroxylation is 1. The van der Waals surface area contributed by atoms with Crippen LogP contribution in [0, 0.1) is 22.9 Å². The van der Waals surface area contributed by atoms with Crippen molar-refractivity contribution in [2.24, 2.45) is 0 Å². The third-order valence-electron chi connectivity index (χ3n) is 2.91. The third kappa shape index (κ3) is 3.14. The molecule has 7 heteroatoms. The van der Waals surface area contributed by atoms with E-state index in [1.165, 1.54) is 12.1 Å². The lowest BCUT2D eigenvalue weighted by molar-refractivity contribution is -0.385. The number of benzene rings is 2. The van der Waals surface area contributed by atoms with Crippen LogP contribution in [0.2, 0.25) is 0 Å². The molecule has 2 rings (SSSR count). The Morgan fingerprint density at radius 2 is 2.00 bits per heavy atom. The van der Waals surface area contributed by atoms with Crippen molar-refractivity contribution in [1.29, 1.82) is 0 Å². The van der Waals surface area contributed by atoms with Crippen LogP contribution in [0.4, 0.5) is 21.5 Å². The molecule has 0 spiro atoms. The molecule has 0 aliphatic heterocycles. The molecule has 0 saturated heterocycles. The van der Waals surface area contributed by atoms with Gasteiger partial charge in [0.1, 0.15) is 0 Å². The summed E-state index contributed by atoms with van der Waals surface area (Å²) in [7, 11) is 0. The van der Waals surface area contributed by atoms with Crippen molar-refractivity contribution in [2.45, 2.75) is 6.92 Å². The fourth-order valence-electron chi connectivity index (χ4n) is 1.80. The molecule has 0 fully saturated rings. The summed E-state index contributed by atoms with van der Waals surface area (Å²) in [5.41, 5.74) is 0.735. The van der Waals surface area contributed by atoms with Gasteiger partial charge in [-0.05, 0) is 30.7 Å². The van der Waals surface area contributed by atoms with Gasteiger partial charge in [0.15, 0.2) is 5.82 Å². The fraction of sp³-hybridized carbons (Fsp3) is 0.0714. The Hall–Kier alpha value is -2.96. The lowest BCUT2D eigenvalue weighted by atomic mass is 10.1. The minimum atomic E-state index is -1.08. The van der Waals surface area contributed by atoms with E-state index in [2.05, 4.69) is 5.32 Å². The first kappa shape index (κ1) is 14.4. The molecule has 6 nitrogen and oxygen atoms in total. The normalized spacial score (nSPS) is 10.2. The van der Waals surface area contributed by atoms with Gasteiger partial charge >= 0.3 is 5.97 Å². The zero-order valence-electron chi connectivity index (χ0n) is 11.0. The maximum Gasteiger partial charge on any atom is 0.336 e. The Balaban J connectivity index is 2.32. The van der Waals surface area contributed by atoms with Crippen molar-refractivity contribution < 1.29 is 19.2 Å². The molecule has 0 heterocycles. The first-order valence-corrected chi connectivity index (χ1v) is 5.93. The van der Waals surface area contributed by atoms with E-state index >= 15 is 0 Å². The number of nitro benzene ring substituents is 1. The summed E-state index contributed by atoms with van der Waals surface area (Å²) in [6.07, 6.45) is 0. The van der Waals surface area contributed by atoms with Crippen molar-refractivity contribution in [3.63, 3.8) is 0 Å². The van der Waals surface area contributed by atoms with E-state index < -0.39 is 16.7 Å². The standard InChI is InChI=1S/C14H11FN2O4/c1-8-2-3-9(6-11(8)14(18)19)16-13-5-4-10(17(20)21)7-12(13)15/h2-7,16H,1H3,(H,18,19). The number of aromatic carboxylic acids is 1. The maximum absolute atomic E-state index is 13.8. The number of hydrogen-bond donors (Lipinski definition) is 2. The van der Waals surface area contributed by atoms with Gasteiger partial charge in [0.05, 0.1) is 22.2 Å². The summed E-state index contributed by atoms with van der Waals surface area (Å²) in [6.45, 7) is 1.65. The molecule has 0 radical (unpaired) electrons. The summed E-state index contributed by atoms with van der Waals surface area (Å²) in [4.78, 5) is 20.9. The summed E-state index contributed by atoms with van der Waals surface area (Å²) < 4.78 is 13.8. The van der Waals surface area contributed by atoms with Gasteiger partial charge in [-0.1, -0.05) is 6.07 Å². The van der Waals surface area contributed by atoms with Crippen LogP contribution in [0.1, 0.15) is 15.9 Å². The smallest absolute Gasteiger partial charge is 0.336 e. The van der Waals surface area contributed by atoms with Gasteiger partial charge in [-0.3, -0.25) is 10.1 Å². The van der Waals surface area contributed by atoms with Crippen LogP contribution in [0.15, 0.2) is 36.4 Å². The number of rotatable bonds is 4. The highest BCUT2D eigenvalue weighted by Gasteiger charge is 2.12. The largest absolute Gasteiger partial charge is 0.478 e. The number of hydrogen-bond acceptors (Lipinski definition) is 4. The second-order valence-electron chi connectivity index (χ2n) is 4.38. The van der Waals surface area contributed by atoms with Crippen LogP contribution in [0.5, 0.6) is 0 Å². The quantitative estimate of drug-likeness (QED) is 0.664. The molecule has 2 aromatic rings. The Morgan fingerprint density at radius 1 is 1.29 bits per heavy atom. The van der Waals surface area contributed by atoms with E-state index in [1.807, 2.05) is 0 Å². The second kappa shape index (κ2) is 5.58. The van der Waals surface area contributed by atoms with Gasteiger partial charge in [0, 0.05) is 11.8 Å². The molecule has 2 N–H and O–H groups in total. The van der Waals surface area contributed by atoms with E-state index in [0.717, 1.165) is 12.1 Å². The second-order valence-corrected chi connectivity index (χ2v) is 4.38. The van der Waals surface area contributed by atoms with Crippen LogP contribution in [0.3, 0.4) is 0 Å². The molecule has 0 saturated carbocycles. The predicted molar refractivity (Wildman–Crippen MR) is 74.5 cm³/mol. The Bertz CT molecular complexity index is 731. The Morgan fingerprint density at radius 3 is 2.57 bits per heavy atom. The van der Waals surface area contributed by atoms with Gasteiger partial charge in [-0.15, -0.1) is 0 Å². The molecular formula is C14H11FN2O4. The molecule has 0 aromatic heterocycles. The fourth-order valence-corrected chi connectivity index (χ4v) is 1.80. The molecule has 0 atom stereocenters. The first-order chi connectivity index (χ1) is 9.88. The van der Waals surface area contributed by atoms with Crippen molar-refractivity contribution in [3.05, 3.63) is 63.5 Å². The van der Waals surface area contributed by atoms with E-state index in [4.69, 9.17) is 5.11 Å². The minimum absolute atomic E-state index is 0.0285. The van der Waals surface area contributed by atoms with Gasteiger partial charge in [0.2, 0.25) is 0 Å². The number of carbonyl (C=O) groups is 1. The van der Waals surface area contributed by atoms with Crippen LogP contribution in [0.25, 0.3) is 0 Å². The summed E-state index contributed by atoms with van der Waals surface area (Å²) in [5.74, 6) is -1.87. The van der Waals surface area contributed by atoms with Crippen LogP contribution >= 0.6 is 0 Å². The zero-order chi connectivity index (χ0) is 15.6. The van der Waals surface area contributed by atoms with Crippen LogP contribution < -0.4 is 5.32 Å². The molecule has 108 valence electrons. The minimum Gasteiger partial charge on any atom is -0.478 e. The lowest BCUT2D eigenvalue weighted by Crippen LogP contribution is -2.02. The molecule has 0 bridgehead atoms. The number of nitrogens with zero attached hydrogens (tertiary/aromatic N) is 1. The third-order valence-corrected chi connectivity index (χ3v) is 2.91. The van der Waals surface area contributed by atoms with Crippen LogP contribution in [-0.4, -0.2) is 16.0 Å². The van der Waals surface area contributed by atoms with E-state index in [0.29, 0.717) is 11.3 Å². The highest BCUT2D eigenvalue weighted by atomic mass is 19.1. The van der Waals surface area contributed by atoms with Crippen LogP contribution in [-0.2, 0) is 0 Å². The van der Waals surface area contributed by atoms with Gasteiger partial charge in [0.25, 0.3) is 5.69 Å². The molecule has 0 aliphatic carbocycles. The SMILES string of the molecule is Cc1ccc(Nc2ccc([N+](=O)[O-])cc2F)cc1C(=O)O. The highest BCUT2D eigenvalue weighted by molar-refractivity contribution is 5.90. The molecular weight excluding hydrogens is 279 g/mol. The molecule has 2 aromatic carbocycles. The summed E-state index contributed by atoms with van der Waals surface area (Å²) in [5, 5.41) is 22.3. The number of nitrogens with one attached hydrogen (secondary N) is 1. The molecule has 0 amide bonds. The maximum atomic E-state index is 13.8. The van der Waals surface area contributed by atoms with Crippen molar-refractivity contribution in [1.82, 2.24) is 0 Å². The summed E-state index contributed by atoms with van der Waals surface area (Å²) >= 11 is 0. The number of halogens is 1. The highest BCUT2D eigenvalue weighted by Crippen LogP contribution is 2.25. The van der Waals surface area contributed by atoms with E-state index in [-0.39, 0.29) is 16.9 Å². The Labute approximate surface area is 119 Å². The lowest BCUT2D eigenvalue weighted by Gasteiger charge is -2.09. The molecule has 21 heavy (non-hydrogen) atoms.